The Balaban J connectivity index is 1.68. The molecule has 3 aromatic rings. The van der Waals surface area contributed by atoms with Crippen LogP contribution in [0.2, 0.25) is 5.02 Å². The lowest BCUT2D eigenvalue weighted by molar-refractivity contribution is 0.115. The molecule has 0 spiro atoms. The largest absolute Gasteiger partial charge is 0.484 e. The van der Waals surface area contributed by atoms with E-state index >= 15 is 0 Å². The smallest absolute Gasteiger partial charge is 0.314 e. The van der Waals surface area contributed by atoms with Gasteiger partial charge in [0.15, 0.2) is 6.61 Å². The lowest BCUT2D eigenvalue weighted by atomic mass is 10.3. The fourth-order valence-electron chi connectivity index (χ4n) is 1.60. The van der Waals surface area contributed by atoms with Gasteiger partial charge in [-0.1, -0.05) is 17.7 Å². The zero-order valence-corrected chi connectivity index (χ0v) is 11.6. The maximum atomic E-state index is 12.4. The summed E-state index contributed by atoms with van der Waals surface area (Å²) in [6, 6.07) is 6.82. The van der Waals surface area contributed by atoms with Crippen molar-refractivity contribution in [2.45, 2.75) is 13.0 Å². The van der Waals surface area contributed by atoms with Crippen molar-refractivity contribution in [3.05, 3.63) is 47.3 Å². The van der Waals surface area contributed by atoms with Crippen molar-refractivity contribution in [1.29, 1.82) is 0 Å². The molecule has 1 aromatic carbocycles. The molecule has 0 amide bonds. The van der Waals surface area contributed by atoms with Gasteiger partial charge in [0.05, 0.1) is 6.20 Å². The van der Waals surface area contributed by atoms with Gasteiger partial charge in [-0.25, -0.2) is 4.98 Å². The first-order chi connectivity index (χ1) is 10.6. The summed E-state index contributed by atoms with van der Waals surface area (Å²) >= 11 is 5.83. The topological polar surface area (TPSA) is 74.2 Å². The van der Waals surface area contributed by atoms with Gasteiger partial charge in [0.2, 0.25) is 11.7 Å². The molecule has 0 aliphatic heterocycles. The lowest BCUT2D eigenvalue weighted by Crippen LogP contribution is -1.94. The number of hydrogen-bond acceptors (Lipinski definition) is 6. The van der Waals surface area contributed by atoms with E-state index in [1.165, 1.54) is 6.20 Å². The Morgan fingerprint density at radius 3 is 2.82 bits per heavy atom. The van der Waals surface area contributed by atoms with Gasteiger partial charge in [-0.2, -0.15) is 8.78 Å². The van der Waals surface area contributed by atoms with E-state index in [-0.39, 0.29) is 24.1 Å². The van der Waals surface area contributed by atoms with Crippen molar-refractivity contribution >= 4 is 11.6 Å². The number of benzene rings is 1. The summed E-state index contributed by atoms with van der Waals surface area (Å²) in [5.74, 6) is -0.0826. The van der Waals surface area contributed by atoms with Gasteiger partial charge in [0.25, 0.3) is 11.8 Å². The van der Waals surface area contributed by atoms with Gasteiger partial charge in [-0.05, 0) is 18.2 Å². The van der Waals surface area contributed by atoms with E-state index in [1.54, 1.807) is 24.3 Å². The van der Waals surface area contributed by atoms with Gasteiger partial charge >= 0.3 is 6.43 Å². The Kier molecular flexibility index (Phi) is 4.01. The number of halogens is 3. The molecule has 0 aliphatic rings. The highest BCUT2D eigenvalue weighted by Crippen LogP contribution is 2.24. The third-order valence-corrected chi connectivity index (χ3v) is 2.79. The summed E-state index contributed by atoms with van der Waals surface area (Å²) in [5.41, 5.74) is 0. The van der Waals surface area contributed by atoms with Crippen LogP contribution in [0.1, 0.15) is 18.2 Å². The molecular weight excluding hydrogens is 320 g/mol. The standard InChI is InChI=1S/C13H8ClF2N3O3/c14-7-2-1-3-8(4-7)20-6-10-17-5-9(21-10)12-18-19-13(22-12)11(15)16/h1-5,11H,6H2. The van der Waals surface area contributed by atoms with Gasteiger partial charge in [-0.15, -0.1) is 10.2 Å². The molecule has 0 bridgehead atoms. The summed E-state index contributed by atoms with van der Waals surface area (Å²) < 4.78 is 40.2. The highest BCUT2D eigenvalue weighted by atomic mass is 35.5. The zero-order chi connectivity index (χ0) is 15.5. The number of hydrogen-bond donors (Lipinski definition) is 0. The molecule has 0 radical (unpaired) electrons. The molecule has 0 N–H and O–H groups in total. The quantitative estimate of drug-likeness (QED) is 0.707. The first-order valence-electron chi connectivity index (χ1n) is 6.07. The van der Waals surface area contributed by atoms with E-state index in [2.05, 4.69) is 15.2 Å². The molecule has 2 aromatic heterocycles. The molecule has 0 fully saturated rings. The number of nitrogens with zero attached hydrogens (tertiary/aromatic N) is 3. The van der Waals surface area contributed by atoms with E-state index in [1.807, 2.05) is 0 Å². The monoisotopic (exact) mass is 327 g/mol. The van der Waals surface area contributed by atoms with Crippen LogP contribution in [-0.4, -0.2) is 15.2 Å². The molecule has 0 saturated carbocycles. The molecule has 3 rings (SSSR count). The average Bonchev–Trinajstić information content (AvgIpc) is 3.14. The summed E-state index contributed by atoms with van der Waals surface area (Å²) in [6.07, 6.45) is -1.55. The molecule has 114 valence electrons. The number of alkyl halides is 2. The minimum atomic E-state index is -2.84. The van der Waals surface area contributed by atoms with Crippen molar-refractivity contribution in [3.63, 3.8) is 0 Å². The van der Waals surface area contributed by atoms with Crippen molar-refractivity contribution in [3.8, 4) is 17.4 Å². The average molecular weight is 328 g/mol. The molecule has 6 nitrogen and oxygen atoms in total. The van der Waals surface area contributed by atoms with Crippen LogP contribution in [0.25, 0.3) is 11.7 Å². The van der Waals surface area contributed by atoms with E-state index in [0.717, 1.165) is 0 Å². The van der Waals surface area contributed by atoms with E-state index in [9.17, 15) is 8.78 Å². The van der Waals surface area contributed by atoms with Crippen LogP contribution in [0.3, 0.4) is 0 Å². The van der Waals surface area contributed by atoms with Crippen LogP contribution in [0.4, 0.5) is 8.78 Å². The Labute approximate surface area is 127 Å². The molecule has 2 heterocycles. The molecular formula is C13H8ClF2N3O3. The predicted molar refractivity (Wildman–Crippen MR) is 70.5 cm³/mol. The zero-order valence-electron chi connectivity index (χ0n) is 10.9. The van der Waals surface area contributed by atoms with E-state index in [4.69, 9.17) is 25.2 Å². The molecule has 22 heavy (non-hydrogen) atoms. The molecule has 0 unspecified atom stereocenters. The lowest BCUT2D eigenvalue weighted by Gasteiger charge is -2.03. The molecule has 9 heteroatoms. The van der Waals surface area contributed by atoms with E-state index < -0.39 is 12.3 Å². The van der Waals surface area contributed by atoms with Gasteiger partial charge in [0.1, 0.15) is 5.75 Å². The second-order valence-electron chi connectivity index (χ2n) is 4.11. The maximum absolute atomic E-state index is 12.4. The second kappa shape index (κ2) is 6.10. The Morgan fingerprint density at radius 2 is 2.09 bits per heavy atom. The van der Waals surface area contributed by atoms with Crippen molar-refractivity contribution in [2.75, 3.05) is 0 Å². The van der Waals surface area contributed by atoms with Gasteiger partial charge in [0, 0.05) is 5.02 Å². The van der Waals surface area contributed by atoms with Crippen LogP contribution in [-0.2, 0) is 6.61 Å². The minimum Gasteiger partial charge on any atom is -0.484 e. The fraction of sp³-hybridized carbons (Fsp3) is 0.154. The molecule has 0 atom stereocenters. The fourth-order valence-corrected chi connectivity index (χ4v) is 1.78. The minimum absolute atomic E-state index is 0.0379. The summed E-state index contributed by atoms with van der Waals surface area (Å²) in [5, 5.41) is 7.20. The summed E-state index contributed by atoms with van der Waals surface area (Å²) in [7, 11) is 0. The Morgan fingerprint density at radius 1 is 1.23 bits per heavy atom. The normalized spacial score (nSPS) is 11.1. The van der Waals surface area contributed by atoms with Crippen molar-refractivity contribution in [1.82, 2.24) is 15.2 Å². The van der Waals surface area contributed by atoms with Gasteiger partial charge < -0.3 is 13.6 Å². The van der Waals surface area contributed by atoms with Crippen LogP contribution in [0.5, 0.6) is 5.75 Å². The first-order valence-corrected chi connectivity index (χ1v) is 6.44. The third-order valence-electron chi connectivity index (χ3n) is 2.55. The first kappa shape index (κ1) is 14.5. The van der Waals surface area contributed by atoms with Crippen LogP contribution >= 0.6 is 11.6 Å². The van der Waals surface area contributed by atoms with Crippen molar-refractivity contribution in [2.24, 2.45) is 0 Å². The maximum Gasteiger partial charge on any atom is 0.314 e. The van der Waals surface area contributed by atoms with Gasteiger partial charge in [-0.3, -0.25) is 0 Å². The van der Waals surface area contributed by atoms with Crippen LogP contribution < -0.4 is 4.74 Å². The summed E-state index contributed by atoms with van der Waals surface area (Å²) in [4.78, 5) is 3.94. The SMILES string of the molecule is FC(F)c1nnc(-c2cnc(COc3cccc(Cl)c3)o2)o1. The molecule has 0 saturated heterocycles. The van der Waals surface area contributed by atoms with Crippen LogP contribution in [0.15, 0.2) is 39.3 Å². The highest BCUT2D eigenvalue weighted by molar-refractivity contribution is 6.30. The van der Waals surface area contributed by atoms with Crippen molar-refractivity contribution < 1.29 is 22.4 Å². The van der Waals surface area contributed by atoms with E-state index in [0.29, 0.717) is 10.8 Å². The van der Waals surface area contributed by atoms with Crippen LogP contribution in [0, 0.1) is 0 Å². The summed E-state index contributed by atoms with van der Waals surface area (Å²) in [6.45, 7) is 0.0379. The number of oxazole rings is 1. The predicted octanol–water partition coefficient (Wildman–Crippen LogP) is 3.89. The number of rotatable bonds is 5. The third kappa shape index (κ3) is 3.22. The Bertz CT molecular complexity index is 775. The highest BCUT2D eigenvalue weighted by Gasteiger charge is 2.19. The second-order valence-corrected chi connectivity index (χ2v) is 4.55. The number of aromatic nitrogens is 3. The number of ether oxygens (including phenoxy) is 1. The Hall–Kier alpha value is -2.48. The molecule has 0 aliphatic carbocycles.